The van der Waals surface area contributed by atoms with Gasteiger partial charge in [-0.3, -0.25) is 0 Å². The van der Waals surface area contributed by atoms with Gasteiger partial charge in [0.2, 0.25) is 0 Å². The lowest BCUT2D eigenvalue weighted by molar-refractivity contribution is -0.132. The van der Waals surface area contributed by atoms with Crippen LogP contribution in [0.1, 0.15) is 48.6 Å². The second-order valence-corrected chi connectivity index (χ2v) is 11.3. The molecule has 0 saturated carbocycles. The first-order chi connectivity index (χ1) is 16.3. The van der Waals surface area contributed by atoms with Gasteiger partial charge in [-0.1, -0.05) is 37.8 Å². The second-order valence-electron chi connectivity index (χ2n) is 7.96. The number of hydrogen-bond donors (Lipinski definition) is 0. The SMILES string of the molecule is CO/N=C(/C(=O)OC)c1cccc(C)c1CO/N=C(\C)c1ccc(OC(C)(C)I)cc1C(F)(F)P. The molecule has 1 atom stereocenters. The van der Waals surface area contributed by atoms with Crippen LogP contribution in [0.2, 0.25) is 0 Å². The van der Waals surface area contributed by atoms with Crippen LogP contribution in [-0.2, 0) is 31.5 Å². The molecule has 0 amide bonds. The number of oxime groups is 2. The monoisotopic (exact) mass is 620 g/mol. The molecule has 0 spiro atoms. The van der Waals surface area contributed by atoms with Crippen molar-refractivity contribution in [3.63, 3.8) is 0 Å². The molecule has 0 heterocycles. The van der Waals surface area contributed by atoms with Gasteiger partial charge in [-0.15, -0.1) is 0 Å². The molecule has 0 aromatic heterocycles. The molecule has 0 aliphatic carbocycles. The third-order valence-corrected chi connectivity index (χ3v) is 5.27. The van der Waals surface area contributed by atoms with Crippen molar-refractivity contribution in [2.24, 2.45) is 10.3 Å². The predicted octanol–water partition coefficient (Wildman–Crippen LogP) is 5.93. The molecule has 0 bridgehead atoms. The van der Waals surface area contributed by atoms with Crippen LogP contribution >= 0.6 is 31.8 Å². The van der Waals surface area contributed by atoms with Gasteiger partial charge in [0.1, 0.15) is 19.5 Å². The zero-order valence-electron chi connectivity index (χ0n) is 20.3. The van der Waals surface area contributed by atoms with Crippen molar-refractivity contribution in [3.8, 4) is 5.75 Å². The van der Waals surface area contributed by atoms with Crippen molar-refractivity contribution >= 4 is 49.2 Å². The summed E-state index contributed by atoms with van der Waals surface area (Å²) in [6.45, 7) is 7.01. The molecule has 0 N–H and O–H groups in total. The van der Waals surface area contributed by atoms with E-state index >= 15 is 0 Å². The van der Waals surface area contributed by atoms with E-state index in [0.717, 1.165) is 5.56 Å². The van der Waals surface area contributed by atoms with E-state index in [0.29, 0.717) is 16.9 Å². The Balaban J connectivity index is 2.38. The average molecular weight is 620 g/mol. The molecule has 7 nitrogen and oxygen atoms in total. The van der Waals surface area contributed by atoms with Gasteiger partial charge in [-0.25, -0.2) is 4.79 Å². The molecule has 0 saturated heterocycles. The number of hydrogen-bond acceptors (Lipinski definition) is 7. The predicted molar refractivity (Wildman–Crippen MR) is 143 cm³/mol. The Bertz CT molecular complexity index is 1130. The highest BCUT2D eigenvalue weighted by atomic mass is 127. The third kappa shape index (κ3) is 8.10. The number of esters is 1. The largest absolute Gasteiger partial charge is 0.478 e. The summed E-state index contributed by atoms with van der Waals surface area (Å²) in [5, 5.41) is 7.85. The van der Waals surface area contributed by atoms with Crippen molar-refractivity contribution in [2.45, 2.75) is 43.6 Å². The Morgan fingerprint density at radius 1 is 1.11 bits per heavy atom. The zero-order chi connectivity index (χ0) is 26.4. The minimum atomic E-state index is -3.21. The molecule has 0 aliphatic heterocycles. The number of aryl methyl sites for hydroxylation is 1. The Morgan fingerprint density at radius 2 is 1.80 bits per heavy atom. The van der Waals surface area contributed by atoms with E-state index in [1.165, 1.54) is 26.4 Å². The van der Waals surface area contributed by atoms with E-state index in [2.05, 4.69) is 32.9 Å². The van der Waals surface area contributed by atoms with Crippen LogP contribution in [-0.4, -0.2) is 35.2 Å². The van der Waals surface area contributed by atoms with E-state index in [4.69, 9.17) is 19.1 Å². The summed E-state index contributed by atoms with van der Waals surface area (Å²) in [6, 6.07) is 9.69. The fraction of sp³-hybridized carbons (Fsp3) is 0.375. The molecule has 1 unspecified atom stereocenters. The first kappa shape index (κ1) is 28.9. The van der Waals surface area contributed by atoms with Crippen LogP contribution in [0.3, 0.4) is 0 Å². The van der Waals surface area contributed by atoms with Gasteiger partial charge in [-0.2, -0.15) is 8.78 Å². The van der Waals surface area contributed by atoms with Gasteiger partial charge in [0, 0.05) is 22.3 Å². The van der Waals surface area contributed by atoms with Crippen LogP contribution in [0.15, 0.2) is 46.7 Å². The smallest absolute Gasteiger partial charge is 0.360 e. The molecule has 35 heavy (non-hydrogen) atoms. The summed E-state index contributed by atoms with van der Waals surface area (Å²) >= 11 is 2.08. The number of carbonyl (C=O) groups is 1. The summed E-state index contributed by atoms with van der Waals surface area (Å²) in [5.41, 5.74) is -1.17. The summed E-state index contributed by atoms with van der Waals surface area (Å²) in [5.74, 6) is -0.362. The lowest BCUT2D eigenvalue weighted by Crippen LogP contribution is -2.20. The highest BCUT2D eigenvalue weighted by Crippen LogP contribution is 2.39. The normalized spacial score (nSPS) is 12.9. The Morgan fingerprint density at radius 3 is 2.37 bits per heavy atom. The maximum absolute atomic E-state index is 14.4. The molecule has 2 aromatic carbocycles. The first-order valence-electron chi connectivity index (χ1n) is 10.4. The molecular weight excluding hydrogens is 592 g/mol. The van der Waals surface area contributed by atoms with Crippen molar-refractivity contribution in [2.75, 3.05) is 14.2 Å². The maximum Gasteiger partial charge on any atom is 0.360 e. The lowest BCUT2D eigenvalue weighted by atomic mass is 9.99. The number of halogens is 3. The van der Waals surface area contributed by atoms with Gasteiger partial charge in [-0.05, 0) is 74.0 Å². The summed E-state index contributed by atoms with van der Waals surface area (Å²) in [7, 11) is 4.10. The fourth-order valence-corrected chi connectivity index (χ4v) is 3.69. The summed E-state index contributed by atoms with van der Waals surface area (Å²) < 4.78 is 38.7. The second kappa shape index (κ2) is 12.1. The summed E-state index contributed by atoms with van der Waals surface area (Å²) in [6.07, 6.45) is 0. The van der Waals surface area contributed by atoms with Gasteiger partial charge < -0.3 is 19.1 Å². The molecule has 11 heteroatoms. The molecule has 0 radical (unpaired) electrons. The molecule has 2 aromatic rings. The highest BCUT2D eigenvalue weighted by Gasteiger charge is 2.30. The summed E-state index contributed by atoms with van der Waals surface area (Å²) in [4.78, 5) is 22.5. The van der Waals surface area contributed by atoms with E-state index in [9.17, 15) is 13.6 Å². The molecule has 0 fully saturated rings. The quantitative estimate of drug-likeness (QED) is 0.0822. The van der Waals surface area contributed by atoms with E-state index in [1.54, 1.807) is 34.4 Å². The average Bonchev–Trinajstić information content (AvgIpc) is 2.76. The number of benzene rings is 2. The molecule has 190 valence electrons. The number of methoxy groups -OCH3 is 1. The van der Waals surface area contributed by atoms with Crippen molar-refractivity contribution in [3.05, 3.63) is 64.2 Å². The maximum atomic E-state index is 14.4. The van der Waals surface area contributed by atoms with E-state index < -0.39 is 15.2 Å². The minimum Gasteiger partial charge on any atom is -0.478 e. The molecular formula is C24H28F2IN2O5P. The van der Waals surface area contributed by atoms with Crippen molar-refractivity contribution < 1.29 is 32.7 Å². The Hall–Kier alpha value is -2.33. The molecule has 0 aliphatic rings. The van der Waals surface area contributed by atoms with Crippen LogP contribution < -0.4 is 4.74 Å². The number of ether oxygens (including phenoxy) is 2. The van der Waals surface area contributed by atoms with Crippen molar-refractivity contribution in [1.82, 2.24) is 0 Å². The van der Waals surface area contributed by atoms with E-state index in [1.807, 2.05) is 26.8 Å². The number of rotatable bonds is 10. The Kier molecular flexibility index (Phi) is 9.97. The Labute approximate surface area is 219 Å². The number of carbonyl (C=O) groups excluding carboxylic acids is 1. The van der Waals surface area contributed by atoms with Crippen molar-refractivity contribution in [1.29, 1.82) is 0 Å². The van der Waals surface area contributed by atoms with Crippen LogP contribution in [0.4, 0.5) is 8.78 Å². The van der Waals surface area contributed by atoms with Crippen LogP contribution in [0.25, 0.3) is 0 Å². The lowest BCUT2D eigenvalue weighted by Gasteiger charge is -2.22. The van der Waals surface area contributed by atoms with E-state index in [-0.39, 0.29) is 29.2 Å². The number of nitrogens with zero attached hydrogens (tertiary/aromatic N) is 2. The topological polar surface area (TPSA) is 78.7 Å². The van der Waals surface area contributed by atoms with Crippen LogP contribution in [0.5, 0.6) is 5.75 Å². The zero-order valence-corrected chi connectivity index (χ0v) is 23.6. The third-order valence-electron chi connectivity index (χ3n) is 4.74. The van der Waals surface area contributed by atoms with Gasteiger partial charge in [0.05, 0.1) is 12.8 Å². The first-order valence-corrected chi connectivity index (χ1v) is 12.1. The van der Waals surface area contributed by atoms with Gasteiger partial charge >= 0.3 is 5.97 Å². The fourth-order valence-electron chi connectivity index (χ4n) is 3.20. The number of alkyl halides is 3. The minimum absolute atomic E-state index is 0.0308. The van der Waals surface area contributed by atoms with Crippen LogP contribution in [0, 0.1) is 6.92 Å². The van der Waals surface area contributed by atoms with Gasteiger partial charge in [0.15, 0.2) is 9.32 Å². The highest BCUT2D eigenvalue weighted by molar-refractivity contribution is 14.1. The standard InChI is InChI=1S/C24H28F2IN2O5P/c1-14-8-7-9-18(21(29-32-6)22(30)31-5)19(14)13-33-28-15(2)17-11-10-16(34-23(3,4)27)12-20(17)24(25,26)35/h7-12H,13,35H2,1-6H3/b28-15+,29-21+. The van der Waals surface area contributed by atoms with Gasteiger partial charge in [0.25, 0.3) is 5.66 Å². The molecule has 2 rings (SSSR count).